The monoisotopic (exact) mass is 506 g/mol. The number of benzene rings is 3. The van der Waals surface area contributed by atoms with Crippen LogP contribution in [0, 0.1) is 0 Å². The summed E-state index contributed by atoms with van der Waals surface area (Å²) in [5.74, 6) is -0.842. The van der Waals surface area contributed by atoms with Gasteiger partial charge in [0.15, 0.2) is 4.34 Å². The van der Waals surface area contributed by atoms with Crippen molar-refractivity contribution < 1.29 is 15.0 Å². The van der Waals surface area contributed by atoms with Gasteiger partial charge in [-0.05, 0) is 60.4 Å². The van der Waals surface area contributed by atoms with Gasteiger partial charge in [0.25, 0.3) is 0 Å². The smallest absolute Gasteiger partial charge is 0.319 e. The molecule has 0 saturated carbocycles. The fraction of sp³-hybridized carbons (Fsp3) is 0.286. The number of aliphatic hydroxyl groups excluding tert-OH is 1. The molecule has 0 aliphatic carbocycles. The number of fused-ring (bicyclic) bond motifs is 1. The first-order chi connectivity index (χ1) is 16.8. The van der Waals surface area contributed by atoms with E-state index >= 15 is 0 Å². The number of anilines is 1. The van der Waals surface area contributed by atoms with Gasteiger partial charge < -0.3 is 15.1 Å². The Morgan fingerprint density at radius 2 is 1.71 bits per heavy atom. The van der Waals surface area contributed by atoms with Crippen LogP contribution in [0.4, 0.5) is 5.69 Å². The van der Waals surface area contributed by atoms with Crippen molar-refractivity contribution >= 4 is 45.5 Å². The Hall–Kier alpha value is -2.87. The summed E-state index contributed by atoms with van der Waals surface area (Å²) < 4.78 is -0.130. The second-order valence-corrected chi connectivity index (χ2v) is 11.7. The second-order valence-electron chi connectivity index (χ2n) is 9.02. The van der Waals surface area contributed by atoms with Crippen molar-refractivity contribution in [1.82, 2.24) is 4.98 Å². The number of aliphatic carboxylic acids is 1. The van der Waals surface area contributed by atoms with E-state index < -0.39 is 10.7 Å². The minimum atomic E-state index is -0.909. The third-order valence-corrected chi connectivity index (χ3v) is 8.09. The summed E-state index contributed by atoms with van der Waals surface area (Å²) in [6, 6.07) is 23.4. The van der Waals surface area contributed by atoms with E-state index in [4.69, 9.17) is 4.98 Å². The van der Waals surface area contributed by atoms with Gasteiger partial charge in [0.1, 0.15) is 4.75 Å². The highest BCUT2D eigenvalue weighted by molar-refractivity contribution is 8.03. The van der Waals surface area contributed by atoms with Crippen molar-refractivity contribution in [1.29, 1.82) is 0 Å². The Balaban J connectivity index is 1.52. The van der Waals surface area contributed by atoms with Crippen molar-refractivity contribution in [2.75, 3.05) is 18.1 Å². The van der Waals surface area contributed by atoms with Crippen LogP contribution >= 0.6 is 23.1 Å². The molecule has 2 N–H and O–H groups in total. The highest BCUT2D eigenvalue weighted by Gasteiger charge is 2.29. The van der Waals surface area contributed by atoms with Crippen molar-refractivity contribution in [3.63, 3.8) is 0 Å². The molecular weight excluding hydrogens is 476 g/mol. The molecule has 1 aromatic heterocycles. The van der Waals surface area contributed by atoms with E-state index in [9.17, 15) is 15.0 Å². The van der Waals surface area contributed by atoms with Crippen molar-refractivity contribution in [2.24, 2.45) is 0 Å². The number of thiazole rings is 1. The molecule has 1 heterocycles. The summed E-state index contributed by atoms with van der Waals surface area (Å²) in [5.41, 5.74) is 4.45. The standard InChI is InChI=1S/C28H30N2O3S2/c1-28(2,26(32)33)35-27-29-24(19-34-27)13-15-30(25-11-8-20(9-12-25)14-16-31)18-21-7-10-22-5-3-4-6-23(22)17-21/h3-12,17,19,31H,13-16,18H2,1-2H3,(H,32,33). The van der Waals surface area contributed by atoms with Crippen LogP contribution in [0.1, 0.15) is 30.7 Å². The molecule has 0 spiro atoms. The summed E-state index contributed by atoms with van der Waals surface area (Å²) in [6.45, 7) is 5.09. The lowest BCUT2D eigenvalue weighted by atomic mass is 10.1. The first kappa shape index (κ1) is 25.2. The number of carboxylic acids is 1. The number of nitrogens with zero attached hydrogens (tertiary/aromatic N) is 2. The highest BCUT2D eigenvalue weighted by Crippen LogP contribution is 2.35. The van der Waals surface area contributed by atoms with E-state index in [2.05, 4.69) is 71.6 Å². The zero-order valence-electron chi connectivity index (χ0n) is 20.0. The maximum atomic E-state index is 11.5. The average molecular weight is 507 g/mol. The van der Waals surface area contributed by atoms with Gasteiger partial charge in [0, 0.05) is 37.2 Å². The number of carboxylic acid groups (broad SMARTS) is 1. The molecule has 0 saturated heterocycles. The molecule has 3 aromatic carbocycles. The lowest BCUT2D eigenvalue weighted by Gasteiger charge is -2.25. The quantitative estimate of drug-likeness (QED) is 0.242. The van der Waals surface area contributed by atoms with Gasteiger partial charge in [-0.1, -0.05) is 60.3 Å². The SMILES string of the molecule is CC(C)(Sc1nc(CCN(Cc2ccc3ccccc3c2)c2ccc(CCO)cc2)cs1)C(=O)O. The molecule has 5 nitrogen and oxygen atoms in total. The number of aliphatic hydroxyl groups is 1. The number of thioether (sulfide) groups is 1. The number of aromatic nitrogens is 1. The van der Waals surface area contributed by atoms with Crippen molar-refractivity contribution in [2.45, 2.75) is 42.3 Å². The van der Waals surface area contributed by atoms with E-state index in [1.807, 2.05) is 5.38 Å². The van der Waals surface area contributed by atoms with Crippen molar-refractivity contribution in [3.05, 3.63) is 88.9 Å². The van der Waals surface area contributed by atoms with Crippen LogP contribution in [0.5, 0.6) is 0 Å². The second kappa shape index (κ2) is 11.2. The molecule has 0 radical (unpaired) electrons. The molecule has 4 rings (SSSR count). The Kier molecular flexibility index (Phi) is 8.11. The lowest BCUT2D eigenvalue weighted by molar-refractivity contribution is -0.138. The molecule has 0 aliphatic rings. The van der Waals surface area contributed by atoms with Gasteiger partial charge in [0.05, 0.1) is 5.69 Å². The Bertz CT molecular complexity index is 1280. The van der Waals surface area contributed by atoms with E-state index in [0.29, 0.717) is 6.42 Å². The summed E-state index contributed by atoms with van der Waals surface area (Å²) in [5, 5.41) is 23.1. The van der Waals surface area contributed by atoms with Crippen molar-refractivity contribution in [3.8, 4) is 0 Å². The Morgan fingerprint density at radius 1 is 1.00 bits per heavy atom. The summed E-state index contributed by atoms with van der Waals surface area (Å²) >= 11 is 2.79. The first-order valence-corrected chi connectivity index (χ1v) is 13.3. The largest absolute Gasteiger partial charge is 0.480 e. The number of hydrogen-bond acceptors (Lipinski definition) is 6. The van der Waals surface area contributed by atoms with E-state index in [-0.39, 0.29) is 6.61 Å². The molecule has 0 atom stereocenters. The molecule has 0 unspecified atom stereocenters. The fourth-order valence-corrected chi connectivity index (χ4v) is 6.05. The Labute approximate surface area is 214 Å². The number of rotatable bonds is 11. The fourth-order valence-electron chi connectivity index (χ4n) is 3.82. The normalized spacial score (nSPS) is 11.6. The number of hydrogen-bond donors (Lipinski definition) is 2. The number of carbonyl (C=O) groups is 1. The predicted molar refractivity (Wildman–Crippen MR) is 146 cm³/mol. The molecule has 35 heavy (non-hydrogen) atoms. The van der Waals surface area contributed by atoms with Gasteiger partial charge in [0.2, 0.25) is 0 Å². The van der Waals surface area contributed by atoms with Crippen LogP contribution in [-0.2, 0) is 24.2 Å². The minimum absolute atomic E-state index is 0.142. The first-order valence-electron chi connectivity index (χ1n) is 11.6. The zero-order valence-corrected chi connectivity index (χ0v) is 21.6. The topological polar surface area (TPSA) is 73.7 Å². The van der Waals surface area contributed by atoms with Gasteiger partial charge >= 0.3 is 5.97 Å². The zero-order chi connectivity index (χ0) is 24.8. The third-order valence-electron chi connectivity index (χ3n) is 5.92. The van der Waals surface area contributed by atoms with Crippen LogP contribution in [0.15, 0.2) is 76.4 Å². The summed E-state index contributed by atoms with van der Waals surface area (Å²) in [6.07, 6.45) is 1.41. The van der Waals surface area contributed by atoms with E-state index in [1.165, 1.54) is 39.4 Å². The molecule has 4 aromatic rings. The molecule has 7 heteroatoms. The van der Waals surface area contributed by atoms with Gasteiger partial charge in [-0.2, -0.15) is 0 Å². The van der Waals surface area contributed by atoms with Crippen LogP contribution < -0.4 is 4.90 Å². The lowest BCUT2D eigenvalue weighted by Crippen LogP contribution is -2.27. The Morgan fingerprint density at radius 3 is 2.43 bits per heavy atom. The maximum Gasteiger partial charge on any atom is 0.319 e. The van der Waals surface area contributed by atoms with E-state index in [1.54, 1.807) is 13.8 Å². The molecule has 0 fully saturated rings. The molecule has 0 bridgehead atoms. The summed E-state index contributed by atoms with van der Waals surface area (Å²) in [4.78, 5) is 18.5. The maximum absolute atomic E-state index is 11.5. The summed E-state index contributed by atoms with van der Waals surface area (Å²) in [7, 11) is 0. The van der Waals surface area contributed by atoms with Crippen LogP contribution in [-0.4, -0.2) is 39.1 Å². The molecule has 0 aliphatic heterocycles. The van der Waals surface area contributed by atoms with E-state index in [0.717, 1.165) is 40.8 Å². The molecule has 0 amide bonds. The van der Waals surface area contributed by atoms with Gasteiger partial charge in [-0.3, -0.25) is 4.79 Å². The molecular formula is C28H30N2O3S2. The molecule has 182 valence electrons. The minimum Gasteiger partial charge on any atom is -0.480 e. The van der Waals surface area contributed by atoms with Gasteiger partial charge in [-0.15, -0.1) is 11.3 Å². The van der Waals surface area contributed by atoms with Crippen LogP contribution in [0.25, 0.3) is 10.8 Å². The van der Waals surface area contributed by atoms with Crippen LogP contribution in [0.2, 0.25) is 0 Å². The predicted octanol–water partition coefficient (Wildman–Crippen LogP) is 6.04. The van der Waals surface area contributed by atoms with Gasteiger partial charge in [-0.25, -0.2) is 4.98 Å². The van der Waals surface area contributed by atoms with Crippen LogP contribution in [0.3, 0.4) is 0 Å². The average Bonchev–Trinajstić information content (AvgIpc) is 3.29. The third kappa shape index (κ3) is 6.63. The highest BCUT2D eigenvalue weighted by atomic mass is 32.2.